The van der Waals surface area contributed by atoms with Gasteiger partial charge in [-0.15, -0.1) is 0 Å². The van der Waals surface area contributed by atoms with Gasteiger partial charge < -0.3 is 10.6 Å². The van der Waals surface area contributed by atoms with Crippen molar-refractivity contribution in [1.29, 1.82) is 0 Å². The molecule has 2 amide bonds. The highest BCUT2D eigenvalue weighted by Gasteiger charge is 2.33. The lowest BCUT2D eigenvalue weighted by Gasteiger charge is -2.36. The van der Waals surface area contributed by atoms with Gasteiger partial charge in [-0.1, -0.05) is 38.3 Å². The molecule has 1 heterocycles. The number of carbonyl (C=O) groups excluding carboxylic acids is 2. The number of benzene rings is 1. The van der Waals surface area contributed by atoms with Gasteiger partial charge >= 0.3 is 6.18 Å². The maximum atomic E-state index is 13.0. The van der Waals surface area contributed by atoms with Crippen LogP contribution in [0.4, 0.5) is 18.9 Å². The fourth-order valence-corrected chi connectivity index (χ4v) is 4.80. The molecule has 3 rings (SSSR count). The summed E-state index contributed by atoms with van der Waals surface area (Å²) in [6.45, 7) is 7.35. The summed E-state index contributed by atoms with van der Waals surface area (Å²) in [6.07, 6.45) is -1.21. The van der Waals surface area contributed by atoms with E-state index >= 15 is 0 Å². The van der Waals surface area contributed by atoms with E-state index in [0.717, 1.165) is 25.0 Å². The molecule has 1 aliphatic heterocycles. The lowest BCUT2D eigenvalue weighted by Crippen LogP contribution is -2.52. The smallest absolute Gasteiger partial charge is 0.352 e. The summed E-state index contributed by atoms with van der Waals surface area (Å²) in [4.78, 5) is 28.8. The van der Waals surface area contributed by atoms with Crippen molar-refractivity contribution >= 4 is 29.1 Å². The normalized spacial score (nSPS) is 25.0. The van der Waals surface area contributed by atoms with E-state index in [0.29, 0.717) is 44.6 Å². The number of anilines is 1. The van der Waals surface area contributed by atoms with E-state index in [9.17, 15) is 22.8 Å². The number of amides is 2. The summed E-state index contributed by atoms with van der Waals surface area (Å²) in [7, 11) is 0. The molecule has 0 unspecified atom stereocenters. The highest BCUT2D eigenvalue weighted by atomic mass is 35.5. The minimum Gasteiger partial charge on any atom is -0.352 e. The number of nitrogens with zero attached hydrogens (tertiary/aromatic N) is 2. The SMILES string of the molecule is C[C@@H]1[C@@H](C)CCC[C@H]1NC(=O)CN1CCN(CC(=O)Nc2ccc(Cl)c(C(F)(F)F)c2)CC1. The molecule has 1 saturated heterocycles. The van der Waals surface area contributed by atoms with Crippen molar-refractivity contribution in [2.45, 2.75) is 45.3 Å². The molecule has 0 radical (unpaired) electrons. The van der Waals surface area contributed by atoms with Crippen LogP contribution in [0.15, 0.2) is 18.2 Å². The van der Waals surface area contributed by atoms with E-state index in [1.807, 2.05) is 4.90 Å². The Kier molecular flexibility index (Phi) is 8.64. The van der Waals surface area contributed by atoms with Crippen LogP contribution < -0.4 is 10.6 Å². The number of carbonyl (C=O) groups is 2. The molecule has 3 atom stereocenters. The van der Waals surface area contributed by atoms with Gasteiger partial charge in [-0.25, -0.2) is 0 Å². The van der Waals surface area contributed by atoms with Crippen molar-refractivity contribution in [1.82, 2.24) is 15.1 Å². The molecule has 184 valence electrons. The second-order valence-corrected chi connectivity index (χ2v) is 9.64. The van der Waals surface area contributed by atoms with Crippen molar-refractivity contribution in [3.05, 3.63) is 28.8 Å². The predicted molar refractivity (Wildman–Crippen MR) is 122 cm³/mol. The highest BCUT2D eigenvalue weighted by molar-refractivity contribution is 6.31. The first-order valence-corrected chi connectivity index (χ1v) is 11.8. The number of piperazine rings is 1. The van der Waals surface area contributed by atoms with Gasteiger partial charge in [0.25, 0.3) is 0 Å². The molecular weight excluding hydrogens is 457 g/mol. The highest BCUT2D eigenvalue weighted by Crippen LogP contribution is 2.36. The first-order chi connectivity index (χ1) is 15.5. The molecule has 10 heteroatoms. The molecule has 1 saturated carbocycles. The molecule has 2 N–H and O–H groups in total. The Hall–Kier alpha value is -1.84. The van der Waals surface area contributed by atoms with Crippen molar-refractivity contribution in [3.8, 4) is 0 Å². The van der Waals surface area contributed by atoms with Crippen LogP contribution in [0.1, 0.15) is 38.7 Å². The zero-order valence-electron chi connectivity index (χ0n) is 19.1. The first-order valence-electron chi connectivity index (χ1n) is 11.4. The summed E-state index contributed by atoms with van der Waals surface area (Å²) in [6, 6.07) is 3.54. The maximum Gasteiger partial charge on any atom is 0.417 e. The monoisotopic (exact) mass is 488 g/mol. The molecule has 2 aliphatic rings. The maximum absolute atomic E-state index is 13.0. The Morgan fingerprint density at radius 2 is 1.64 bits per heavy atom. The van der Waals surface area contributed by atoms with Gasteiger partial charge in [-0.2, -0.15) is 13.2 Å². The van der Waals surface area contributed by atoms with E-state index < -0.39 is 22.7 Å². The molecule has 2 fully saturated rings. The minimum atomic E-state index is -4.59. The molecule has 33 heavy (non-hydrogen) atoms. The van der Waals surface area contributed by atoms with E-state index in [1.54, 1.807) is 0 Å². The zero-order chi connectivity index (χ0) is 24.2. The van der Waals surface area contributed by atoms with E-state index in [2.05, 4.69) is 29.4 Å². The molecular formula is C23H32ClF3N4O2. The van der Waals surface area contributed by atoms with Gasteiger partial charge in [0, 0.05) is 37.9 Å². The molecule has 0 spiro atoms. The summed E-state index contributed by atoms with van der Waals surface area (Å²) in [5, 5.41) is 5.29. The van der Waals surface area contributed by atoms with Gasteiger partial charge in [0.1, 0.15) is 0 Å². The molecule has 1 aliphatic carbocycles. The molecule has 0 aromatic heterocycles. The van der Waals surface area contributed by atoms with Crippen LogP contribution in [0.25, 0.3) is 0 Å². The Morgan fingerprint density at radius 3 is 2.24 bits per heavy atom. The Bertz CT molecular complexity index is 843. The topological polar surface area (TPSA) is 64.7 Å². The summed E-state index contributed by atoms with van der Waals surface area (Å²) in [5.74, 6) is 0.741. The average molecular weight is 489 g/mol. The van der Waals surface area contributed by atoms with Crippen molar-refractivity contribution in [3.63, 3.8) is 0 Å². The molecule has 6 nitrogen and oxygen atoms in total. The number of nitrogens with one attached hydrogen (secondary N) is 2. The third kappa shape index (κ3) is 7.32. The average Bonchev–Trinajstić information content (AvgIpc) is 2.73. The summed E-state index contributed by atoms with van der Waals surface area (Å²) in [5.41, 5.74) is -0.927. The predicted octanol–water partition coefficient (Wildman–Crippen LogP) is 3.86. The summed E-state index contributed by atoms with van der Waals surface area (Å²) >= 11 is 5.62. The van der Waals surface area contributed by atoms with E-state index in [4.69, 9.17) is 11.6 Å². The van der Waals surface area contributed by atoms with Crippen LogP contribution in [0, 0.1) is 11.8 Å². The second kappa shape index (κ2) is 11.1. The van der Waals surface area contributed by atoms with Crippen LogP contribution in [0.5, 0.6) is 0 Å². The lowest BCUT2D eigenvalue weighted by atomic mass is 9.78. The molecule has 0 bridgehead atoms. The van der Waals surface area contributed by atoms with Gasteiger partial charge in [0.15, 0.2) is 0 Å². The minimum absolute atomic E-state index is 0.0374. The number of hydrogen-bond acceptors (Lipinski definition) is 4. The fraction of sp³-hybridized carbons (Fsp3) is 0.652. The second-order valence-electron chi connectivity index (χ2n) is 9.23. The summed E-state index contributed by atoms with van der Waals surface area (Å²) < 4.78 is 39.0. The van der Waals surface area contributed by atoms with Crippen molar-refractivity contribution in [2.24, 2.45) is 11.8 Å². The quantitative estimate of drug-likeness (QED) is 0.638. The first kappa shape index (κ1) is 25.8. The van der Waals surface area contributed by atoms with Crippen molar-refractivity contribution < 1.29 is 22.8 Å². The zero-order valence-corrected chi connectivity index (χ0v) is 19.8. The van der Waals surface area contributed by atoms with Crippen LogP contribution in [0.3, 0.4) is 0 Å². The van der Waals surface area contributed by atoms with Crippen LogP contribution in [0.2, 0.25) is 5.02 Å². The number of rotatable bonds is 6. The fourth-order valence-electron chi connectivity index (χ4n) is 4.57. The Balaban J connectivity index is 1.41. The number of halogens is 4. The van der Waals surface area contributed by atoms with E-state index in [1.165, 1.54) is 12.5 Å². The standard InChI is InChI=1S/C23H32ClF3N4O2/c1-15-4-3-5-20(16(15)2)29-22(33)14-31-10-8-30(9-11-31)13-21(32)28-17-6-7-19(24)18(12-17)23(25,26)27/h6-7,12,15-16,20H,3-5,8-11,13-14H2,1-2H3,(H,28,32)(H,29,33)/t15-,16+,20+/m0/s1. The Morgan fingerprint density at radius 1 is 1.03 bits per heavy atom. The molecule has 1 aromatic rings. The Labute approximate surface area is 197 Å². The van der Waals surface area contributed by atoms with Gasteiger partial charge in [-0.3, -0.25) is 19.4 Å². The number of alkyl halides is 3. The van der Waals surface area contributed by atoms with Crippen LogP contribution in [-0.2, 0) is 15.8 Å². The van der Waals surface area contributed by atoms with Crippen molar-refractivity contribution in [2.75, 3.05) is 44.6 Å². The van der Waals surface area contributed by atoms with E-state index in [-0.39, 0.29) is 24.2 Å². The number of hydrogen-bond donors (Lipinski definition) is 2. The van der Waals surface area contributed by atoms with Gasteiger partial charge in [0.05, 0.1) is 23.7 Å². The van der Waals surface area contributed by atoms with Crippen LogP contribution >= 0.6 is 11.6 Å². The lowest BCUT2D eigenvalue weighted by molar-refractivity contribution is -0.137. The largest absolute Gasteiger partial charge is 0.417 e. The van der Waals surface area contributed by atoms with Gasteiger partial charge in [-0.05, 0) is 36.5 Å². The van der Waals surface area contributed by atoms with Crippen LogP contribution in [-0.4, -0.2) is 66.9 Å². The van der Waals surface area contributed by atoms with Gasteiger partial charge in [0.2, 0.25) is 11.8 Å². The third-order valence-electron chi connectivity index (χ3n) is 6.81. The third-order valence-corrected chi connectivity index (χ3v) is 7.14. The molecule has 1 aromatic carbocycles.